The number of aromatic nitrogens is 12. The molecule has 0 spiro atoms. The smallest absolute Gasteiger partial charge is 0.235 e. The highest BCUT2D eigenvalue weighted by molar-refractivity contribution is 7.26. The molecule has 21 aromatic carbocycles. The zero-order valence-corrected chi connectivity index (χ0v) is 81.1. The van der Waals surface area contributed by atoms with Crippen molar-refractivity contribution < 1.29 is 0 Å². The van der Waals surface area contributed by atoms with Crippen molar-refractivity contribution in [1.29, 1.82) is 0 Å². The minimum Gasteiger partial charge on any atom is -0.309 e. The molecule has 0 saturated heterocycles. The predicted octanol–water partition coefficient (Wildman–Crippen LogP) is 35.6. The predicted molar refractivity (Wildman–Crippen MR) is 620 cm³/mol. The second-order valence-electron chi connectivity index (χ2n) is 37.9. The molecule has 33 aromatic rings. The second kappa shape index (κ2) is 32.8. The third-order valence-electron chi connectivity index (χ3n) is 29.7. The fourth-order valence-corrected chi connectivity index (χ4v) is 26.6. The van der Waals surface area contributed by atoms with E-state index in [1.54, 1.807) is 0 Å². The van der Waals surface area contributed by atoms with Gasteiger partial charge in [-0.25, -0.2) is 29.9 Å². The maximum atomic E-state index is 5.39. The van der Waals surface area contributed by atoms with E-state index in [-0.39, 0.29) is 0 Å². The summed E-state index contributed by atoms with van der Waals surface area (Å²) in [4.78, 5) is 31.8. The van der Waals surface area contributed by atoms with Gasteiger partial charge in [-0.05, 0) is 164 Å². The summed E-state index contributed by atoms with van der Waals surface area (Å²) in [6.45, 7) is 0. The van der Waals surface area contributed by atoms with Crippen LogP contribution in [-0.4, -0.2) is 57.3 Å². The lowest BCUT2D eigenvalue weighted by Crippen LogP contribution is -2.03. The van der Waals surface area contributed by atoms with Gasteiger partial charge in [0.2, 0.25) is 17.8 Å². The van der Waals surface area contributed by atoms with Gasteiger partial charge in [-0.3, -0.25) is 13.7 Å². The minimum atomic E-state index is 0.664. The maximum absolute atomic E-state index is 5.39. The van der Waals surface area contributed by atoms with Crippen molar-refractivity contribution in [3.63, 3.8) is 0 Å². The summed E-state index contributed by atoms with van der Waals surface area (Å²) < 4.78 is 21.9. The molecule has 0 bridgehead atoms. The quantitative estimate of drug-likeness (QED) is 0.142. The fraction of sp³-hybridized carbons (Fsp3) is 0. The minimum absolute atomic E-state index is 0.664. The summed E-state index contributed by atoms with van der Waals surface area (Å²) in [5, 5.41) is 25.4. The first-order valence-corrected chi connectivity index (χ1v) is 52.0. The Bertz CT molecular complexity index is 10900. The van der Waals surface area contributed by atoms with Gasteiger partial charge in [0.05, 0.1) is 99.8 Å². The van der Waals surface area contributed by atoms with E-state index >= 15 is 0 Å². The number of hydrogen-bond acceptors (Lipinski definition) is 9. The molecule has 0 aliphatic carbocycles. The Morgan fingerprint density at radius 3 is 0.653 bits per heavy atom. The number of hydrogen-bond donors (Lipinski definition) is 0. The number of thiophene rings is 3. The van der Waals surface area contributed by atoms with E-state index in [0.717, 1.165) is 133 Å². The van der Waals surface area contributed by atoms with Gasteiger partial charge in [0, 0.05) is 175 Å². The van der Waals surface area contributed by atoms with Crippen LogP contribution in [0.3, 0.4) is 0 Å². The van der Waals surface area contributed by atoms with Crippen molar-refractivity contribution in [2.45, 2.75) is 0 Å². The monoisotopic (exact) mass is 1930 g/mol. The average Bonchev–Trinajstić information content (AvgIpc) is 1.55. The number of nitrogens with zero attached hydrogens (tertiary/aromatic N) is 12. The topological polar surface area (TPSA) is 107 Å². The molecule has 12 aromatic heterocycles. The fourth-order valence-electron chi connectivity index (χ4n) is 23.2. The molecule has 12 heterocycles. The van der Waals surface area contributed by atoms with E-state index in [2.05, 4.69) is 482 Å². The van der Waals surface area contributed by atoms with Gasteiger partial charge in [-0.2, -0.15) is 0 Å². The Morgan fingerprint density at radius 1 is 0.129 bits per heavy atom. The normalized spacial score (nSPS) is 12.1. The Balaban J connectivity index is 0.0000000999. The van der Waals surface area contributed by atoms with Crippen LogP contribution in [0.2, 0.25) is 0 Å². The molecule has 15 heteroatoms. The van der Waals surface area contributed by atoms with Crippen LogP contribution in [0.5, 0.6) is 0 Å². The summed E-state index contributed by atoms with van der Waals surface area (Å²) in [7, 11) is 0. The lowest BCUT2D eigenvalue weighted by molar-refractivity contribution is 1.01. The van der Waals surface area contributed by atoms with Crippen LogP contribution in [0.25, 0.3) is 293 Å². The van der Waals surface area contributed by atoms with E-state index < -0.39 is 0 Å². The van der Waals surface area contributed by atoms with Gasteiger partial charge in [-0.1, -0.05) is 309 Å². The van der Waals surface area contributed by atoms with Gasteiger partial charge in [0.25, 0.3) is 0 Å². The Hall–Kier alpha value is -18.9. The van der Waals surface area contributed by atoms with E-state index in [0.29, 0.717) is 17.8 Å². The van der Waals surface area contributed by atoms with Gasteiger partial charge in [-0.15, -0.1) is 34.0 Å². The first-order chi connectivity index (χ1) is 72.9. The number of rotatable bonds is 9. The highest BCUT2D eigenvalue weighted by Crippen LogP contribution is 2.50. The second-order valence-corrected chi connectivity index (χ2v) is 41.1. The molecule has 0 N–H and O–H groups in total. The zero-order chi connectivity index (χ0) is 96.2. The highest BCUT2D eigenvalue weighted by atomic mass is 32.1. The van der Waals surface area contributed by atoms with Crippen LogP contribution in [0.1, 0.15) is 0 Å². The van der Waals surface area contributed by atoms with Gasteiger partial charge >= 0.3 is 0 Å². The van der Waals surface area contributed by atoms with Crippen LogP contribution in [0.4, 0.5) is 0 Å². The molecule has 0 unspecified atom stereocenters. The van der Waals surface area contributed by atoms with Gasteiger partial charge in [0.1, 0.15) is 0 Å². The van der Waals surface area contributed by atoms with Crippen LogP contribution >= 0.6 is 34.0 Å². The van der Waals surface area contributed by atoms with Crippen molar-refractivity contribution in [3.05, 3.63) is 473 Å². The molecule has 0 saturated carbocycles. The molecule has 12 nitrogen and oxygen atoms in total. The largest absolute Gasteiger partial charge is 0.309 e. The first kappa shape index (κ1) is 82.8. The zero-order valence-electron chi connectivity index (χ0n) is 78.6. The summed E-state index contributed by atoms with van der Waals surface area (Å²) in [6.07, 6.45) is 0. The summed E-state index contributed by atoms with van der Waals surface area (Å²) in [5.41, 5.74) is 25.7. The lowest BCUT2D eigenvalue weighted by Gasteiger charge is -2.12. The van der Waals surface area contributed by atoms with Crippen molar-refractivity contribution in [2.24, 2.45) is 0 Å². The SMILES string of the molecule is c1ccc(-c2nc(-n3c4cc5c(cc4c4cc6c7ccccc7n(-c7ccccc7)c6cc43)sc3ccccc35)nc3ccccc23)cc1.c1ccc(-c2nc(-n3c4ccccc4c4cc5c6cc7sc8ccccc8c7cc6n(-c6ccccc6)c5cc43)nc3ccccc23)cc1.c1ccc(-c2nc(-n3c4ccccc4c4cc5c6cc7sc8ccccc8c7cc6n(-c6ccccc6)c5cc43)nc3ccccc23)cc1. The average molecular weight is 1930 g/mol. The van der Waals surface area contributed by atoms with Crippen LogP contribution in [0, 0.1) is 0 Å². The maximum Gasteiger partial charge on any atom is 0.235 e. The highest BCUT2D eigenvalue weighted by Gasteiger charge is 2.29. The van der Waals surface area contributed by atoms with E-state index in [4.69, 9.17) is 29.9 Å². The third kappa shape index (κ3) is 12.9. The van der Waals surface area contributed by atoms with E-state index in [1.165, 1.54) is 142 Å². The van der Waals surface area contributed by atoms with Gasteiger partial charge < -0.3 is 13.7 Å². The molecule has 0 fully saturated rings. The molecule has 33 rings (SSSR count). The lowest BCUT2D eigenvalue weighted by atomic mass is 10.1. The standard InChI is InChI=1S/3C44H26N4S/c2*1-3-13-27(14-4-1)43-31-19-7-10-20-36(31)45-44(46-43)48-37-21-11-8-17-29(37)32-23-33-34-25-42-35(30-18-9-12-22-41(30)49-42)24-38(34)47(39(33)26-40(32)48)28-15-5-2-6-16-28;1-3-13-27(14-4-1)43-31-19-7-10-20-36(31)45-44(46-43)48-38-24-35-30-18-9-12-22-41(30)49-42(35)25-34(38)33-23-32-29-17-8-11-21-37(29)47(39(32)26-40(33)48)28-15-5-2-6-16-28/h3*1-26H. The van der Waals surface area contributed by atoms with Crippen molar-refractivity contribution in [3.8, 4) is 68.7 Å². The summed E-state index contributed by atoms with van der Waals surface area (Å²) in [5.74, 6) is 1.99. The van der Waals surface area contributed by atoms with Crippen LogP contribution in [0.15, 0.2) is 473 Å². The Kier molecular flexibility index (Phi) is 18.5. The van der Waals surface area contributed by atoms with E-state index in [9.17, 15) is 0 Å². The number of fused-ring (bicyclic) bond motifs is 30. The molecule has 0 atom stereocenters. The molecule has 0 aliphatic rings. The van der Waals surface area contributed by atoms with Crippen LogP contribution < -0.4 is 0 Å². The molecule has 684 valence electrons. The molecule has 0 radical (unpaired) electrons. The van der Waals surface area contributed by atoms with Crippen molar-refractivity contribution >= 4 is 258 Å². The summed E-state index contributed by atoms with van der Waals surface area (Å²) >= 11 is 5.59. The van der Waals surface area contributed by atoms with Gasteiger partial charge in [0.15, 0.2) is 0 Å². The third-order valence-corrected chi connectivity index (χ3v) is 33.1. The number of benzene rings is 21. The molecule has 0 aliphatic heterocycles. The Labute approximate surface area is 850 Å². The molecule has 147 heavy (non-hydrogen) atoms. The molecular formula is C132H78N12S3. The number of para-hydroxylation sites is 9. The van der Waals surface area contributed by atoms with Crippen molar-refractivity contribution in [1.82, 2.24) is 57.3 Å². The summed E-state index contributed by atoms with van der Waals surface area (Å²) in [6, 6.07) is 169. The Morgan fingerprint density at radius 2 is 0.340 bits per heavy atom. The molecular weight excluding hydrogens is 1850 g/mol. The van der Waals surface area contributed by atoms with Crippen molar-refractivity contribution in [2.75, 3.05) is 0 Å². The van der Waals surface area contributed by atoms with E-state index in [1.807, 2.05) is 52.2 Å². The first-order valence-electron chi connectivity index (χ1n) is 49.5. The van der Waals surface area contributed by atoms with Crippen LogP contribution in [-0.2, 0) is 0 Å². The molecule has 0 amide bonds.